The van der Waals surface area contributed by atoms with Crippen molar-refractivity contribution in [1.29, 1.82) is 0 Å². The van der Waals surface area contributed by atoms with Crippen molar-refractivity contribution < 1.29 is 0 Å². The maximum Gasteiger partial charge on any atom is -0.0105 e. The van der Waals surface area contributed by atoms with Crippen molar-refractivity contribution in [2.24, 2.45) is 0 Å². The molecule has 0 radical (unpaired) electrons. The van der Waals surface area contributed by atoms with E-state index in [1.165, 1.54) is 0 Å². The third-order valence-corrected chi connectivity index (χ3v) is 11.8. The second-order valence-corrected chi connectivity index (χ2v) is 12.8. The topological polar surface area (TPSA) is 0 Å². The van der Waals surface area contributed by atoms with Crippen LogP contribution in [0.4, 0.5) is 0 Å². The molecule has 1 heterocycles. The summed E-state index contributed by atoms with van der Waals surface area (Å²) < 4.78 is 0. The molecule has 0 aromatic heterocycles. The molecular weight excluding hydrogens is 182 g/mol. The second kappa shape index (κ2) is 3.21. The lowest BCUT2D eigenvalue weighted by molar-refractivity contribution is 0.766. The average Bonchev–Trinajstić information content (AvgIpc) is 1.46. The maximum atomic E-state index is 2.41. The van der Waals surface area contributed by atoms with Crippen LogP contribution in [0.2, 0.25) is 0 Å². The first-order chi connectivity index (χ1) is 5.21. The number of hydrogen-bond acceptors (Lipinski definition) is 0. The van der Waals surface area contributed by atoms with Gasteiger partial charge in [-0.3, -0.25) is 0 Å². The standard InChI is InChI=1S/C10H22P2/c1-9(2,3)11-7-12(8-11)10(4,5)6/h7-8H2,1-6H3. The Morgan fingerprint density at radius 2 is 0.917 bits per heavy atom. The smallest absolute Gasteiger partial charge is 0.0105 e. The highest BCUT2D eigenvalue weighted by Gasteiger charge is 2.41. The van der Waals surface area contributed by atoms with Crippen LogP contribution in [0.15, 0.2) is 0 Å². The van der Waals surface area contributed by atoms with Gasteiger partial charge in [-0.2, -0.15) is 0 Å². The van der Waals surface area contributed by atoms with Crippen LogP contribution >= 0.6 is 15.8 Å². The third-order valence-electron chi connectivity index (χ3n) is 2.58. The molecule has 0 atom stereocenters. The molecule has 0 unspecified atom stereocenters. The van der Waals surface area contributed by atoms with Crippen molar-refractivity contribution in [1.82, 2.24) is 0 Å². The summed E-state index contributed by atoms with van der Waals surface area (Å²) in [4.78, 5) is 0. The molecular formula is C10H22P2. The molecule has 12 heavy (non-hydrogen) atoms. The van der Waals surface area contributed by atoms with E-state index >= 15 is 0 Å². The van der Waals surface area contributed by atoms with E-state index < -0.39 is 0 Å². The van der Waals surface area contributed by atoms with Gasteiger partial charge in [-0.15, -0.1) is 0 Å². The Morgan fingerprint density at radius 3 is 1.08 bits per heavy atom. The van der Waals surface area contributed by atoms with Gasteiger partial charge in [0.15, 0.2) is 0 Å². The van der Waals surface area contributed by atoms with Crippen molar-refractivity contribution in [2.45, 2.75) is 51.9 Å². The van der Waals surface area contributed by atoms with Gasteiger partial charge in [0.05, 0.1) is 0 Å². The molecule has 0 aromatic carbocycles. The first kappa shape index (κ1) is 10.9. The lowest BCUT2D eigenvalue weighted by atomic mass is 10.3. The van der Waals surface area contributed by atoms with Crippen molar-refractivity contribution >= 4 is 15.8 Å². The number of hydrogen-bond donors (Lipinski definition) is 0. The summed E-state index contributed by atoms with van der Waals surface area (Å²) in [7, 11) is 0.773. The van der Waals surface area contributed by atoms with E-state index in [2.05, 4.69) is 41.5 Å². The quantitative estimate of drug-likeness (QED) is 0.510. The second-order valence-electron chi connectivity index (χ2n) is 5.70. The summed E-state index contributed by atoms with van der Waals surface area (Å²) in [6, 6.07) is 0. The molecule has 0 spiro atoms. The fraction of sp³-hybridized carbons (Fsp3) is 1.00. The zero-order valence-corrected chi connectivity index (χ0v) is 11.1. The molecule has 1 fully saturated rings. The molecule has 0 saturated carbocycles. The molecule has 0 nitrogen and oxygen atoms in total. The lowest BCUT2D eigenvalue weighted by Crippen LogP contribution is -2.27. The predicted molar refractivity (Wildman–Crippen MR) is 63.1 cm³/mol. The van der Waals surface area contributed by atoms with Gasteiger partial charge in [-0.25, -0.2) is 0 Å². The normalized spacial score (nSPS) is 31.5. The fourth-order valence-corrected chi connectivity index (χ4v) is 11.0. The summed E-state index contributed by atoms with van der Waals surface area (Å²) in [6.45, 7) is 14.5. The Balaban J connectivity index is 2.39. The molecule has 0 N–H and O–H groups in total. The highest BCUT2D eigenvalue weighted by Crippen LogP contribution is 2.77. The Bertz CT molecular complexity index is 138. The van der Waals surface area contributed by atoms with E-state index in [0.717, 1.165) is 0 Å². The van der Waals surface area contributed by atoms with Gasteiger partial charge in [0.25, 0.3) is 0 Å². The van der Waals surface area contributed by atoms with Crippen LogP contribution in [-0.4, -0.2) is 22.1 Å². The molecule has 0 aromatic rings. The average molecular weight is 204 g/mol. The van der Waals surface area contributed by atoms with Gasteiger partial charge in [0, 0.05) is 0 Å². The third kappa shape index (κ3) is 2.43. The highest BCUT2D eigenvalue weighted by molar-refractivity contribution is 7.91. The Hall–Kier alpha value is 0.860. The van der Waals surface area contributed by atoms with Crippen LogP contribution in [0.5, 0.6) is 0 Å². The summed E-state index contributed by atoms with van der Waals surface area (Å²) >= 11 is 0. The van der Waals surface area contributed by atoms with Crippen molar-refractivity contribution in [3.63, 3.8) is 0 Å². The molecule has 1 rings (SSSR count). The summed E-state index contributed by atoms with van der Waals surface area (Å²) in [5.41, 5.74) is 0. The molecule has 1 saturated heterocycles. The SMILES string of the molecule is CC(C)(C)P1CP(C(C)(C)C)C1. The summed E-state index contributed by atoms with van der Waals surface area (Å²) in [5.74, 6) is 3.16. The van der Waals surface area contributed by atoms with Crippen LogP contribution in [-0.2, 0) is 0 Å². The van der Waals surface area contributed by atoms with Crippen molar-refractivity contribution in [3.05, 3.63) is 0 Å². The van der Waals surface area contributed by atoms with E-state index in [1.807, 2.05) is 0 Å². The molecule has 1 aliphatic rings. The minimum Gasteiger partial charge on any atom is -0.0923 e. The Kier molecular flexibility index (Phi) is 2.93. The number of rotatable bonds is 0. The van der Waals surface area contributed by atoms with E-state index in [-0.39, 0.29) is 0 Å². The van der Waals surface area contributed by atoms with Crippen molar-refractivity contribution in [3.8, 4) is 0 Å². The zero-order chi connectivity index (χ0) is 9.57. The maximum absolute atomic E-state index is 2.41. The van der Waals surface area contributed by atoms with Crippen LogP contribution in [0.25, 0.3) is 0 Å². The highest BCUT2D eigenvalue weighted by atomic mass is 31.2. The lowest BCUT2D eigenvalue weighted by Gasteiger charge is -2.50. The Morgan fingerprint density at radius 1 is 0.667 bits per heavy atom. The monoisotopic (exact) mass is 204 g/mol. The van der Waals surface area contributed by atoms with Gasteiger partial charge in [0.2, 0.25) is 0 Å². The van der Waals surface area contributed by atoms with Gasteiger partial charge in [-0.05, 0) is 22.1 Å². The van der Waals surface area contributed by atoms with Crippen LogP contribution in [0.1, 0.15) is 41.5 Å². The van der Waals surface area contributed by atoms with E-state index in [1.54, 1.807) is 11.8 Å². The van der Waals surface area contributed by atoms with Crippen molar-refractivity contribution in [2.75, 3.05) is 11.8 Å². The van der Waals surface area contributed by atoms with Gasteiger partial charge in [0.1, 0.15) is 0 Å². The zero-order valence-electron chi connectivity index (χ0n) is 9.31. The van der Waals surface area contributed by atoms with E-state index in [0.29, 0.717) is 26.2 Å². The molecule has 1 aliphatic heterocycles. The molecule has 0 aliphatic carbocycles. The van der Waals surface area contributed by atoms with Gasteiger partial charge in [-0.1, -0.05) is 57.4 Å². The largest absolute Gasteiger partial charge is 0.0923 e. The predicted octanol–water partition coefficient (Wildman–Crippen LogP) is 4.48. The molecule has 0 amide bonds. The van der Waals surface area contributed by atoms with Gasteiger partial charge >= 0.3 is 0 Å². The van der Waals surface area contributed by atoms with Crippen LogP contribution < -0.4 is 0 Å². The van der Waals surface area contributed by atoms with Gasteiger partial charge < -0.3 is 0 Å². The molecule has 72 valence electrons. The molecule has 0 bridgehead atoms. The first-order valence-electron chi connectivity index (χ1n) is 4.71. The fourth-order valence-electron chi connectivity index (χ4n) is 1.22. The summed E-state index contributed by atoms with van der Waals surface area (Å²) in [6.07, 6.45) is 0. The minimum absolute atomic E-state index is 0.386. The molecule has 2 heteroatoms. The van der Waals surface area contributed by atoms with Crippen LogP contribution in [0.3, 0.4) is 0 Å². The first-order valence-corrected chi connectivity index (χ1v) is 8.14. The minimum atomic E-state index is 0.386. The Labute approximate surface area is 80.0 Å². The van der Waals surface area contributed by atoms with E-state index in [9.17, 15) is 0 Å². The summed E-state index contributed by atoms with van der Waals surface area (Å²) in [5, 5.41) is 1.25. The van der Waals surface area contributed by atoms with Crippen LogP contribution in [0, 0.1) is 0 Å². The van der Waals surface area contributed by atoms with E-state index in [4.69, 9.17) is 0 Å².